The van der Waals surface area contributed by atoms with Gasteiger partial charge in [-0.2, -0.15) is 0 Å². The van der Waals surface area contributed by atoms with Crippen LogP contribution in [0, 0.1) is 11.3 Å². The Morgan fingerprint density at radius 1 is 1.24 bits per heavy atom. The molecule has 0 saturated heterocycles. The van der Waals surface area contributed by atoms with E-state index in [1.165, 1.54) is 39.1 Å². The van der Waals surface area contributed by atoms with Crippen LogP contribution in [0.3, 0.4) is 0 Å². The molecule has 1 unspecified atom stereocenters. The molecule has 0 bridgehead atoms. The zero-order chi connectivity index (χ0) is 15.9. The first-order valence-electron chi connectivity index (χ1n) is 7.50. The topological polar surface area (TPSA) is 52.6 Å². The summed E-state index contributed by atoms with van der Waals surface area (Å²) in [6, 6.07) is 0. The van der Waals surface area contributed by atoms with E-state index in [4.69, 9.17) is 9.47 Å². The molecular weight excluding hydrogens is 383 g/mol. The fourth-order valence-electron chi connectivity index (χ4n) is 2.93. The van der Waals surface area contributed by atoms with Gasteiger partial charge in [0.2, 0.25) is 0 Å². The average molecular weight is 408 g/mol. The first-order valence-corrected chi connectivity index (χ1v) is 9.02. The molecule has 0 aromatic rings. The number of methoxy groups -OCH3 is 2. The number of hydrogen-bond acceptors (Lipinski definition) is 4. The SMILES string of the molecule is CCCCCCC1=CC(C(=O)OC)(C(=O)OC)CC1CI. The highest BCUT2D eigenvalue weighted by Crippen LogP contribution is 2.44. The number of rotatable bonds is 8. The molecule has 0 N–H and O–H groups in total. The molecule has 1 aliphatic rings. The third-order valence-corrected chi connectivity index (χ3v) is 5.19. The summed E-state index contributed by atoms with van der Waals surface area (Å²) in [6.07, 6.45) is 7.95. The monoisotopic (exact) mass is 408 g/mol. The van der Waals surface area contributed by atoms with Crippen LogP contribution >= 0.6 is 22.6 Å². The Balaban J connectivity index is 2.92. The van der Waals surface area contributed by atoms with Crippen molar-refractivity contribution in [1.29, 1.82) is 0 Å². The van der Waals surface area contributed by atoms with Crippen molar-refractivity contribution in [2.45, 2.75) is 45.4 Å². The van der Waals surface area contributed by atoms with Gasteiger partial charge in [-0.05, 0) is 25.2 Å². The van der Waals surface area contributed by atoms with Gasteiger partial charge in [-0.15, -0.1) is 0 Å². The molecule has 1 rings (SSSR count). The largest absolute Gasteiger partial charge is 0.468 e. The summed E-state index contributed by atoms with van der Waals surface area (Å²) in [7, 11) is 2.64. The fraction of sp³-hybridized carbons (Fsp3) is 0.750. The highest BCUT2D eigenvalue weighted by atomic mass is 127. The lowest BCUT2D eigenvalue weighted by Crippen LogP contribution is -2.38. The quantitative estimate of drug-likeness (QED) is 0.154. The van der Waals surface area contributed by atoms with Crippen molar-refractivity contribution >= 4 is 34.5 Å². The van der Waals surface area contributed by atoms with Crippen molar-refractivity contribution in [2.24, 2.45) is 11.3 Å². The van der Waals surface area contributed by atoms with Crippen LogP contribution in [0.5, 0.6) is 0 Å². The smallest absolute Gasteiger partial charge is 0.327 e. The van der Waals surface area contributed by atoms with Gasteiger partial charge in [-0.25, -0.2) is 0 Å². The molecule has 1 atom stereocenters. The number of hydrogen-bond donors (Lipinski definition) is 0. The second-order valence-corrected chi connectivity index (χ2v) is 6.42. The lowest BCUT2D eigenvalue weighted by Gasteiger charge is -2.22. The molecule has 0 radical (unpaired) electrons. The van der Waals surface area contributed by atoms with E-state index in [0.717, 1.165) is 17.3 Å². The molecule has 120 valence electrons. The molecule has 0 aliphatic heterocycles. The number of ether oxygens (including phenoxy) is 2. The fourth-order valence-corrected chi connectivity index (χ4v) is 3.81. The molecule has 4 nitrogen and oxygen atoms in total. The van der Waals surface area contributed by atoms with Crippen LogP contribution in [0.15, 0.2) is 11.6 Å². The second kappa shape index (κ2) is 8.76. The summed E-state index contributed by atoms with van der Waals surface area (Å²) in [5.74, 6) is -0.758. The van der Waals surface area contributed by atoms with Crippen LogP contribution < -0.4 is 0 Å². The number of carbonyl (C=O) groups excluding carboxylic acids is 2. The standard InChI is InChI=1S/C16H25IO4/c1-4-5-6-7-8-12-9-16(14(18)20-2,15(19)21-3)10-13(12)11-17/h9,13H,4-8,10-11H2,1-3H3. The van der Waals surface area contributed by atoms with Crippen LogP contribution in [0.4, 0.5) is 0 Å². The van der Waals surface area contributed by atoms with Gasteiger partial charge in [-0.3, -0.25) is 9.59 Å². The first-order chi connectivity index (χ1) is 10.1. The molecule has 0 saturated carbocycles. The van der Waals surface area contributed by atoms with Gasteiger partial charge in [0.1, 0.15) is 0 Å². The van der Waals surface area contributed by atoms with Gasteiger partial charge in [-0.1, -0.05) is 60.4 Å². The maximum absolute atomic E-state index is 12.1. The predicted molar refractivity (Wildman–Crippen MR) is 90.3 cm³/mol. The number of esters is 2. The molecule has 21 heavy (non-hydrogen) atoms. The van der Waals surface area contributed by atoms with Gasteiger partial charge in [0, 0.05) is 4.43 Å². The predicted octanol–water partition coefficient (Wildman–Crippen LogP) is 3.67. The highest BCUT2D eigenvalue weighted by Gasteiger charge is 2.52. The lowest BCUT2D eigenvalue weighted by atomic mass is 9.85. The summed E-state index contributed by atoms with van der Waals surface area (Å²) in [5, 5.41) is 0. The van der Waals surface area contributed by atoms with Crippen molar-refractivity contribution < 1.29 is 19.1 Å². The third kappa shape index (κ3) is 4.20. The summed E-state index contributed by atoms with van der Waals surface area (Å²) < 4.78 is 10.6. The van der Waals surface area contributed by atoms with Crippen LogP contribution in [0.1, 0.15) is 45.4 Å². The van der Waals surface area contributed by atoms with E-state index < -0.39 is 17.4 Å². The molecule has 0 fully saturated rings. The molecule has 1 aliphatic carbocycles. The Labute approximate surface area is 140 Å². The zero-order valence-corrected chi connectivity index (χ0v) is 15.3. The van der Waals surface area contributed by atoms with Crippen LogP contribution in [0.25, 0.3) is 0 Å². The lowest BCUT2D eigenvalue weighted by molar-refractivity contribution is -0.165. The molecule has 0 aromatic carbocycles. The van der Waals surface area contributed by atoms with E-state index in [9.17, 15) is 9.59 Å². The minimum Gasteiger partial charge on any atom is -0.468 e. The summed E-state index contributed by atoms with van der Waals surface area (Å²) in [4.78, 5) is 24.3. The summed E-state index contributed by atoms with van der Waals surface area (Å²) in [6.45, 7) is 2.18. The molecule has 0 spiro atoms. The number of carbonyl (C=O) groups is 2. The van der Waals surface area contributed by atoms with Crippen LogP contribution in [-0.2, 0) is 19.1 Å². The Morgan fingerprint density at radius 3 is 2.33 bits per heavy atom. The Bertz CT molecular complexity index is 387. The first kappa shape index (κ1) is 18.5. The third-order valence-electron chi connectivity index (χ3n) is 4.13. The van der Waals surface area contributed by atoms with E-state index in [0.29, 0.717) is 6.42 Å². The number of alkyl halides is 1. The zero-order valence-electron chi connectivity index (χ0n) is 13.1. The molecule has 0 amide bonds. The van der Waals surface area contributed by atoms with Gasteiger partial charge < -0.3 is 9.47 Å². The highest BCUT2D eigenvalue weighted by molar-refractivity contribution is 14.1. The van der Waals surface area contributed by atoms with Gasteiger partial charge in [0.05, 0.1) is 14.2 Å². The second-order valence-electron chi connectivity index (χ2n) is 5.54. The van der Waals surface area contributed by atoms with E-state index in [2.05, 4.69) is 29.5 Å². The Kier molecular flexibility index (Phi) is 7.70. The minimum atomic E-state index is -1.24. The number of halogens is 1. The van der Waals surface area contributed by atoms with Crippen molar-refractivity contribution in [3.05, 3.63) is 11.6 Å². The van der Waals surface area contributed by atoms with Gasteiger partial charge in [0.25, 0.3) is 0 Å². The summed E-state index contributed by atoms with van der Waals surface area (Å²) in [5.41, 5.74) is -0.0318. The van der Waals surface area contributed by atoms with Crippen molar-refractivity contribution in [2.75, 3.05) is 18.6 Å². The maximum atomic E-state index is 12.1. The average Bonchev–Trinajstić information content (AvgIpc) is 2.90. The van der Waals surface area contributed by atoms with E-state index in [1.807, 2.05) is 6.08 Å². The summed E-state index contributed by atoms with van der Waals surface area (Å²) >= 11 is 2.32. The van der Waals surface area contributed by atoms with Crippen molar-refractivity contribution in [3.8, 4) is 0 Å². The van der Waals surface area contributed by atoms with E-state index in [-0.39, 0.29) is 5.92 Å². The van der Waals surface area contributed by atoms with Gasteiger partial charge in [0.15, 0.2) is 5.41 Å². The number of allylic oxidation sites excluding steroid dienone is 1. The van der Waals surface area contributed by atoms with E-state index >= 15 is 0 Å². The van der Waals surface area contributed by atoms with Crippen molar-refractivity contribution in [3.63, 3.8) is 0 Å². The maximum Gasteiger partial charge on any atom is 0.327 e. The normalized spacial score (nSPS) is 20.0. The van der Waals surface area contributed by atoms with Crippen molar-refractivity contribution in [1.82, 2.24) is 0 Å². The minimum absolute atomic E-state index is 0.255. The molecule has 5 heteroatoms. The van der Waals surface area contributed by atoms with Crippen LogP contribution in [0.2, 0.25) is 0 Å². The number of unbranched alkanes of at least 4 members (excludes halogenated alkanes) is 3. The van der Waals surface area contributed by atoms with Crippen LogP contribution in [-0.4, -0.2) is 30.6 Å². The molecule has 0 heterocycles. The Morgan fingerprint density at radius 2 is 1.86 bits per heavy atom. The molecular formula is C16H25IO4. The van der Waals surface area contributed by atoms with E-state index in [1.54, 1.807) is 0 Å². The Hall–Kier alpha value is -0.590. The van der Waals surface area contributed by atoms with Gasteiger partial charge >= 0.3 is 11.9 Å². The molecule has 0 aromatic heterocycles.